The minimum Gasteiger partial charge on any atom is -0.380 e. The molecule has 2 fully saturated rings. The Bertz CT molecular complexity index is 315. The molecule has 0 N–H and O–H groups in total. The van der Waals surface area contributed by atoms with E-state index in [2.05, 4.69) is 15.1 Å². The van der Waals surface area contributed by atoms with Crippen LogP contribution in [0.2, 0.25) is 0 Å². The molecule has 0 unspecified atom stereocenters. The molecule has 14 heavy (non-hydrogen) atoms. The van der Waals surface area contributed by atoms with Gasteiger partial charge >= 0.3 is 0 Å². The van der Waals surface area contributed by atoms with Gasteiger partial charge in [0.1, 0.15) is 0 Å². The van der Waals surface area contributed by atoms with Crippen molar-refractivity contribution in [2.75, 3.05) is 26.3 Å². The Morgan fingerprint density at radius 2 is 2.29 bits per heavy atom. The molecule has 0 amide bonds. The Hall–Kier alpha value is -1.00. The van der Waals surface area contributed by atoms with E-state index < -0.39 is 0 Å². The summed E-state index contributed by atoms with van der Waals surface area (Å²) in [6.45, 7) is 5.14. The van der Waals surface area contributed by atoms with Crippen molar-refractivity contribution >= 4 is 0 Å². The van der Waals surface area contributed by atoms with E-state index in [4.69, 9.17) is 4.74 Å². The van der Waals surface area contributed by atoms with Gasteiger partial charge in [0.25, 0.3) is 0 Å². The first kappa shape index (κ1) is 8.32. The average molecular weight is 191 g/mol. The smallest absolute Gasteiger partial charge is 0.0771 e. The van der Waals surface area contributed by atoms with Gasteiger partial charge in [-0.3, -0.25) is 4.90 Å². The summed E-state index contributed by atoms with van der Waals surface area (Å²) in [5.41, 5.74) is 1.56. The van der Waals surface area contributed by atoms with E-state index in [1.54, 1.807) is 6.20 Å². The van der Waals surface area contributed by atoms with Crippen molar-refractivity contribution in [2.45, 2.75) is 6.54 Å². The van der Waals surface area contributed by atoms with Gasteiger partial charge in [0.15, 0.2) is 0 Å². The number of hydrogen-bond acceptors (Lipinski definition) is 4. The normalized spacial score (nSPS) is 24.3. The van der Waals surface area contributed by atoms with Gasteiger partial charge in [-0.2, -0.15) is 10.2 Å². The minimum absolute atomic E-state index is 0.502. The summed E-state index contributed by atoms with van der Waals surface area (Å²) in [6, 6.07) is 3.96. The highest BCUT2D eigenvalue weighted by molar-refractivity contribution is 5.04. The van der Waals surface area contributed by atoms with Gasteiger partial charge in [0.2, 0.25) is 0 Å². The maximum absolute atomic E-state index is 5.22. The van der Waals surface area contributed by atoms with Gasteiger partial charge < -0.3 is 4.74 Å². The molecule has 0 aliphatic carbocycles. The molecular formula is C10H13N3O. The van der Waals surface area contributed by atoms with Crippen LogP contribution >= 0.6 is 0 Å². The van der Waals surface area contributed by atoms with Gasteiger partial charge in [-0.05, 0) is 12.1 Å². The molecule has 0 bridgehead atoms. The van der Waals surface area contributed by atoms with Crippen LogP contribution in [-0.4, -0.2) is 41.4 Å². The summed E-state index contributed by atoms with van der Waals surface area (Å²) in [7, 11) is 0. The summed E-state index contributed by atoms with van der Waals surface area (Å²) in [5.74, 6) is 0. The molecule has 3 rings (SSSR count). The van der Waals surface area contributed by atoms with Gasteiger partial charge in [0.05, 0.1) is 18.9 Å². The van der Waals surface area contributed by atoms with E-state index in [9.17, 15) is 0 Å². The molecular weight excluding hydrogens is 178 g/mol. The molecule has 2 aliphatic heterocycles. The maximum Gasteiger partial charge on any atom is 0.0771 e. The second kappa shape index (κ2) is 3.00. The van der Waals surface area contributed by atoms with Crippen LogP contribution in [-0.2, 0) is 11.3 Å². The Labute approximate surface area is 82.9 Å². The first-order valence-corrected chi connectivity index (χ1v) is 4.93. The highest BCUT2D eigenvalue weighted by Crippen LogP contribution is 2.37. The molecule has 1 aromatic heterocycles. The predicted molar refractivity (Wildman–Crippen MR) is 50.6 cm³/mol. The molecule has 4 heteroatoms. The zero-order valence-electron chi connectivity index (χ0n) is 8.02. The summed E-state index contributed by atoms with van der Waals surface area (Å²) in [6.07, 6.45) is 1.71. The number of nitrogens with zero attached hydrogens (tertiary/aromatic N) is 3. The minimum atomic E-state index is 0.502. The van der Waals surface area contributed by atoms with E-state index in [-0.39, 0.29) is 0 Å². The van der Waals surface area contributed by atoms with Crippen LogP contribution < -0.4 is 0 Å². The summed E-state index contributed by atoms with van der Waals surface area (Å²) in [5, 5.41) is 7.93. The van der Waals surface area contributed by atoms with Crippen molar-refractivity contribution in [2.24, 2.45) is 5.41 Å². The zero-order valence-corrected chi connectivity index (χ0v) is 8.02. The number of ether oxygens (including phenoxy) is 1. The Kier molecular flexibility index (Phi) is 1.78. The van der Waals surface area contributed by atoms with Crippen LogP contribution in [0.1, 0.15) is 5.69 Å². The number of hydrogen-bond donors (Lipinski definition) is 0. The predicted octanol–water partition coefficient (Wildman–Crippen LogP) is 0.309. The van der Waals surface area contributed by atoms with E-state index in [1.807, 2.05) is 12.1 Å². The standard InChI is InChI=1S/C10H13N3O/c1-2-9(12-11-3-1)4-13-5-10(6-13)7-14-8-10/h1-3H,4-8H2. The molecule has 0 atom stereocenters. The Balaban J connectivity index is 1.56. The van der Waals surface area contributed by atoms with Crippen molar-refractivity contribution in [3.63, 3.8) is 0 Å². The fraction of sp³-hybridized carbons (Fsp3) is 0.600. The maximum atomic E-state index is 5.22. The summed E-state index contributed by atoms with van der Waals surface area (Å²) >= 11 is 0. The molecule has 4 nitrogen and oxygen atoms in total. The monoisotopic (exact) mass is 191 g/mol. The third kappa shape index (κ3) is 1.31. The topological polar surface area (TPSA) is 38.2 Å². The highest BCUT2D eigenvalue weighted by Gasteiger charge is 2.48. The van der Waals surface area contributed by atoms with Crippen molar-refractivity contribution in [1.29, 1.82) is 0 Å². The van der Waals surface area contributed by atoms with Gasteiger partial charge in [-0.15, -0.1) is 0 Å². The highest BCUT2D eigenvalue weighted by atomic mass is 16.5. The fourth-order valence-electron chi connectivity index (χ4n) is 2.23. The molecule has 1 aromatic rings. The SMILES string of the molecule is c1cnnc(CN2CC3(COC3)C2)c1. The summed E-state index contributed by atoms with van der Waals surface area (Å²) < 4.78 is 5.22. The molecule has 3 heterocycles. The van der Waals surface area contributed by atoms with Crippen molar-refractivity contribution in [3.05, 3.63) is 24.0 Å². The fourth-order valence-corrected chi connectivity index (χ4v) is 2.23. The number of rotatable bonds is 2. The van der Waals surface area contributed by atoms with Crippen LogP contribution in [0.3, 0.4) is 0 Å². The Morgan fingerprint density at radius 1 is 1.43 bits per heavy atom. The van der Waals surface area contributed by atoms with Crippen LogP contribution in [0.15, 0.2) is 18.3 Å². The third-order valence-corrected chi connectivity index (χ3v) is 2.95. The van der Waals surface area contributed by atoms with E-state index >= 15 is 0 Å². The van der Waals surface area contributed by atoms with Gasteiger partial charge in [0, 0.05) is 31.2 Å². The third-order valence-electron chi connectivity index (χ3n) is 2.95. The average Bonchev–Trinajstić information content (AvgIpc) is 2.09. The van der Waals surface area contributed by atoms with E-state index in [1.165, 1.54) is 0 Å². The van der Waals surface area contributed by atoms with Gasteiger partial charge in [-0.1, -0.05) is 0 Å². The van der Waals surface area contributed by atoms with Crippen molar-refractivity contribution in [3.8, 4) is 0 Å². The lowest BCUT2D eigenvalue weighted by molar-refractivity contribution is -0.191. The van der Waals surface area contributed by atoms with Crippen LogP contribution in [0.4, 0.5) is 0 Å². The molecule has 74 valence electrons. The molecule has 0 saturated carbocycles. The summed E-state index contributed by atoms with van der Waals surface area (Å²) in [4.78, 5) is 2.40. The Morgan fingerprint density at radius 3 is 2.86 bits per heavy atom. The van der Waals surface area contributed by atoms with Crippen LogP contribution in [0, 0.1) is 5.41 Å². The lowest BCUT2D eigenvalue weighted by atomic mass is 9.78. The number of likely N-dealkylation sites (tertiary alicyclic amines) is 1. The molecule has 1 spiro atoms. The van der Waals surface area contributed by atoms with Crippen LogP contribution in [0.25, 0.3) is 0 Å². The van der Waals surface area contributed by atoms with Gasteiger partial charge in [-0.25, -0.2) is 0 Å². The molecule has 2 aliphatic rings. The zero-order chi connectivity index (χ0) is 9.43. The molecule has 2 saturated heterocycles. The first-order chi connectivity index (χ1) is 6.86. The first-order valence-electron chi connectivity index (χ1n) is 4.93. The lowest BCUT2D eigenvalue weighted by Gasteiger charge is -2.55. The molecule has 0 radical (unpaired) electrons. The number of aromatic nitrogens is 2. The molecule has 0 aromatic carbocycles. The quantitative estimate of drug-likeness (QED) is 0.674. The lowest BCUT2D eigenvalue weighted by Crippen LogP contribution is -2.65. The van der Waals surface area contributed by atoms with E-state index in [0.717, 1.165) is 38.5 Å². The van der Waals surface area contributed by atoms with Crippen molar-refractivity contribution in [1.82, 2.24) is 15.1 Å². The van der Waals surface area contributed by atoms with Crippen LogP contribution in [0.5, 0.6) is 0 Å². The second-order valence-corrected chi connectivity index (χ2v) is 4.35. The largest absolute Gasteiger partial charge is 0.380 e. The van der Waals surface area contributed by atoms with Crippen molar-refractivity contribution < 1.29 is 4.74 Å². The van der Waals surface area contributed by atoms with E-state index in [0.29, 0.717) is 5.41 Å². The second-order valence-electron chi connectivity index (χ2n) is 4.35.